The highest BCUT2D eigenvalue weighted by molar-refractivity contribution is 6.33. The fourth-order valence-electron chi connectivity index (χ4n) is 2.80. The lowest BCUT2D eigenvalue weighted by Gasteiger charge is -2.17. The maximum atomic E-state index is 6.18. The molecule has 1 N–H and O–H groups in total. The number of nitrogens with zero attached hydrogens (tertiary/aromatic N) is 2. The first-order valence-corrected chi connectivity index (χ1v) is 8.76. The van der Waals surface area contributed by atoms with Gasteiger partial charge in [-0.2, -0.15) is 0 Å². The van der Waals surface area contributed by atoms with Crippen LogP contribution >= 0.6 is 11.6 Å². The predicted octanol–water partition coefficient (Wildman–Crippen LogP) is 4.81. The van der Waals surface area contributed by atoms with Gasteiger partial charge in [0.1, 0.15) is 29.5 Å². The van der Waals surface area contributed by atoms with E-state index in [9.17, 15) is 0 Å². The number of nitrogens with one attached hydrogen (secondary N) is 1. The third kappa shape index (κ3) is 4.18. The zero-order chi connectivity index (χ0) is 17.7. The first-order chi connectivity index (χ1) is 11.5. The Balaban J connectivity index is 2.00. The highest BCUT2D eigenvalue weighted by Gasteiger charge is 2.11. The van der Waals surface area contributed by atoms with E-state index >= 15 is 0 Å². The van der Waals surface area contributed by atoms with Gasteiger partial charge in [0.05, 0.1) is 12.2 Å². The molecular weight excluding hydrogens is 322 g/mol. The number of rotatable bonds is 7. The molecule has 2 aromatic rings. The molecular formula is C19H26ClN3O. The lowest BCUT2D eigenvalue weighted by Crippen LogP contribution is -2.14. The van der Waals surface area contributed by atoms with Gasteiger partial charge in [0.2, 0.25) is 0 Å². The lowest BCUT2D eigenvalue weighted by molar-refractivity contribution is 0.328. The first-order valence-electron chi connectivity index (χ1n) is 8.39. The molecule has 130 valence electrons. The van der Waals surface area contributed by atoms with Crippen molar-refractivity contribution in [1.82, 2.24) is 9.97 Å². The average molecular weight is 348 g/mol. The molecule has 0 atom stereocenters. The van der Waals surface area contributed by atoms with Gasteiger partial charge in [0, 0.05) is 0 Å². The molecule has 0 spiro atoms. The van der Waals surface area contributed by atoms with Crippen LogP contribution in [0.5, 0.6) is 5.75 Å². The molecule has 0 saturated heterocycles. The van der Waals surface area contributed by atoms with Crippen LogP contribution in [-0.2, 0) is 6.42 Å². The van der Waals surface area contributed by atoms with Crippen LogP contribution in [0.1, 0.15) is 41.3 Å². The zero-order valence-corrected chi connectivity index (χ0v) is 15.9. The number of aryl methyl sites for hydroxylation is 3. The summed E-state index contributed by atoms with van der Waals surface area (Å²) in [6.07, 6.45) is 3.78. The molecule has 0 aliphatic carbocycles. The fraction of sp³-hybridized carbons (Fsp3) is 0.474. The van der Waals surface area contributed by atoms with Gasteiger partial charge >= 0.3 is 0 Å². The van der Waals surface area contributed by atoms with Gasteiger partial charge in [-0.15, -0.1) is 0 Å². The molecule has 5 heteroatoms. The third-order valence-corrected chi connectivity index (χ3v) is 4.71. The average Bonchev–Trinajstić information content (AvgIpc) is 2.55. The van der Waals surface area contributed by atoms with Crippen molar-refractivity contribution >= 4 is 17.4 Å². The molecule has 1 aromatic carbocycles. The summed E-state index contributed by atoms with van der Waals surface area (Å²) in [5, 5.41) is 3.76. The van der Waals surface area contributed by atoms with Crippen molar-refractivity contribution in [3.63, 3.8) is 0 Å². The van der Waals surface area contributed by atoms with Gasteiger partial charge in [-0.05, 0) is 56.4 Å². The molecule has 0 saturated carbocycles. The second-order valence-corrected chi connectivity index (χ2v) is 6.46. The monoisotopic (exact) mass is 347 g/mol. The Hall–Kier alpha value is -1.81. The Labute approximate surface area is 149 Å². The van der Waals surface area contributed by atoms with Crippen molar-refractivity contribution in [2.75, 3.05) is 18.5 Å². The van der Waals surface area contributed by atoms with E-state index in [1.54, 1.807) is 0 Å². The zero-order valence-electron chi connectivity index (χ0n) is 15.2. The predicted molar refractivity (Wildman–Crippen MR) is 100 cm³/mol. The minimum absolute atomic E-state index is 0.549. The Kier molecular flexibility index (Phi) is 6.44. The van der Waals surface area contributed by atoms with E-state index in [1.807, 2.05) is 6.92 Å². The molecule has 0 aliphatic heterocycles. The van der Waals surface area contributed by atoms with Crippen molar-refractivity contribution in [3.05, 3.63) is 45.4 Å². The highest BCUT2D eigenvalue weighted by atomic mass is 35.5. The molecule has 1 heterocycles. The van der Waals surface area contributed by atoms with E-state index in [1.165, 1.54) is 28.6 Å². The molecule has 2 rings (SSSR count). The standard InChI is InChI=1S/C19H26ClN3O/c1-6-7-16-10-12(2)18(14(4)13(16)3)24-9-8-21-19-17(20)15(5)22-11-23-19/h10-11H,6-9H2,1-5H3,(H,21,22,23). The lowest BCUT2D eigenvalue weighted by atomic mass is 9.96. The smallest absolute Gasteiger partial charge is 0.148 e. The van der Waals surface area contributed by atoms with Crippen LogP contribution in [0, 0.1) is 27.7 Å². The number of ether oxygens (including phenoxy) is 1. The van der Waals surface area contributed by atoms with E-state index in [2.05, 4.69) is 49.0 Å². The molecule has 0 radical (unpaired) electrons. The third-order valence-electron chi connectivity index (χ3n) is 4.26. The number of hydrogen-bond acceptors (Lipinski definition) is 4. The molecule has 0 bridgehead atoms. The summed E-state index contributed by atoms with van der Waals surface area (Å²) in [4.78, 5) is 8.21. The Morgan fingerprint density at radius 2 is 1.88 bits per heavy atom. The molecule has 0 aliphatic rings. The molecule has 24 heavy (non-hydrogen) atoms. The number of aromatic nitrogens is 2. The van der Waals surface area contributed by atoms with Crippen molar-refractivity contribution in [1.29, 1.82) is 0 Å². The van der Waals surface area contributed by atoms with E-state index in [4.69, 9.17) is 16.3 Å². The van der Waals surface area contributed by atoms with Gasteiger partial charge in [-0.3, -0.25) is 0 Å². The largest absolute Gasteiger partial charge is 0.491 e. The van der Waals surface area contributed by atoms with Crippen LogP contribution in [0.3, 0.4) is 0 Å². The van der Waals surface area contributed by atoms with Crippen LogP contribution in [0.15, 0.2) is 12.4 Å². The van der Waals surface area contributed by atoms with Crippen molar-refractivity contribution < 1.29 is 4.74 Å². The van der Waals surface area contributed by atoms with Crippen molar-refractivity contribution in [3.8, 4) is 5.75 Å². The van der Waals surface area contributed by atoms with Gasteiger partial charge in [-0.1, -0.05) is 31.0 Å². The Bertz CT molecular complexity index is 716. The molecule has 0 unspecified atom stereocenters. The van der Waals surface area contributed by atoms with Crippen LogP contribution in [0.4, 0.5) is 5.82 Å². The first kappa shape index (κ1) is 18.5. The van der Waals surface area contributed by atoms with Gasteiger partial charge in [-0.25, -0.2) is 9.97 Å². The SMILES string of the molecule is CCCc1cc(C)c(OCCNc2ncnc(C)c2Cl)c(C)c1C. The summed E-state index contributed by atoms with van der Waals surface area (Å²) in [7, 11) is 0. The Morgan fingerprint density at radius 3 is 2.58 bits per heavy atom. The van der Waals surface area contributed by atoms with Crippen LogP contribution in [-0.4, -0.2) is 23.1 Å². The Morgan fingerprint density at radius 1 is 1.12 bits per heavy atom. The van der Waals surface area contributed by atoms with E-state index < -0.39 is 0 Å². The highest BCUT2D eigenvalue weighted by Crippen LogP contribution is 2.29. The van der Waals surface area contributed by atoms with Gasteiger partial charge < -0.3 is 10.1 Å². The van der Waals surface area contributed by atoms with Gasteiger partial charge in [0.25, 0.3) is 0 Å². The van der Waals surface area contributed by atoms with Crippen LogP contribution in [0.25, 0.3) is 0 Å². The van der Waals surface area contributed by atoms with Gasteiger partial charge in [0.15, 0.2) is 0 Å². The normalized spacial score (nSPS) is 10.8. The summed E-state index contributed by atoms with van der Waals surface area (Å²) in [5.41, 5.74) is 5.94. The molecule has 0 amide bonds. The maximum absolute atomic E-state index is 6.18. The van der Waals surface area contributed by atoms with E-state index in [0.717, 1.165) is 24.3 Å². The quantitative estimate of drug-likeness (QED) is 0.730. The minimum atomic E-state index is 0.549. The van der Waals surface area contributed by atoms with Crippen LogP contribution < -0.4 is 10.1 Å². The molecule has 1 aromatic heterocycles. The second kappa shape index (κ2) is 8.34. The second-order valence-electron chi connectivity index (χ2n) is 6.08. The van der Waals surface area contributed by atoms with E-state index in [0.29, 0.717) is 24.0 Å². The van der Waals surface area contributed by atoms with Crippen molar-refractivity contribution in [2.45, 2.75) is 47.5 Å². The number of anilines is 1. The summed E-state index contributed by atoms with van der Waals surface area (Å²) >= 11 is 6.18. The summed E-state index contributed by atoms with van der Waals surface area (Å²) in [6, 6.07) is 2.25. The summed E-state index contributed by atoms with van der Waals surface area (Å²) < 4.78 is 6.02. The summed E-state index contributed by atoms with van der Waals surface area (Å²) in [5.74, 6) is 1.63. The number of halogens is 1. The van der Waals surface area contributed by atoms with E-state index in [-0.39, 0.29) is 0 Å². The van der Waals surface area contributed by atoms with Crippen molar-refractivity contribution in [2.24, 2.45) is 0 Å². The maximum Gasteiger partial charge on any atom is 0.148 e. The fourth-order valence-corrected chi connectivity index (χ4v) is 2.96. The number of hydrogen-bond donors (Lipinski definition) is 1. The molecule has 4 nitrogen and oxygen atoms in total. The molecule has 0 fully saturated rings. The van der Waals surface area contributed by atoms with Crippen LogP contribution in [0.2, 0.25) is 5.02 Å². The summed E-state index contributed by atoms with van der Waals surface area (Å²) in [6.45, 7) is 11.7. The minimum Gasteiger partial charge on any atom is -0.491 e. The number of benzene rings is 1. The topological polar surface area (TPSA) is 47.0 Å².